The van der Waals surface area contributed by atoms with E-state index in [4.69, 9.17) is 0 Å². The van der Waals surface area contributed by atoms with Crippen molar-refractivity contribution in [2.24, 2.45) is 11.8 Å². The molecule has 0 radical (unpaired) electrons. The molecule has 0 bridgehead atoms. The van der Waals surface area contributed by atoms with E-state index in [9.17, 15) is 9.90 Å². The highest BCUT2D eigenvalue weighted by Crippen LogP contribution is 2.34. The summed E-state index contributed by atoms with van der Waals surface area (Å²) in [7, 11) is 0. The average Bonchev–Trinajstić information content (AvgIpc) is 3.00. The topological polar surface area (TPSA) is 49.3 Å². The van der Waals surface area contributed by atoms with Crippen LogP contribution in [0.15, 0.2) is 0 Å². The van der Waals surface area contributed by atoms with Crippen LogP contribution in [0.3, 0.4) is 0 Å². The van der Waals surface area contributed by atoms with Gasteiger partial charge in [0.05, 0.1) is 12.1 Å². The number of nitrogens with one attached hydrogen (secondary N) is 1. The standard InChI is InChI=1S/C12H21NO2/c1-9-3-2-6-12(7-9,8-14)13-11(15)10-4-5-10/h9-10,14H,2-8H2,1H3,(H,13,15). The van der Waals surface area contributed by atoms with E-state index in [0.29, 0.717) is 5.92 Å². The van der Waals surface area contributed by atoms with Gasteiger partial charge in [-0.1, -0.05) is 19.8 Å². The van der Waals surface area contributed by atoms with Crippen molar-refractivity contribution in [1.82, 2.24) is 5.32 Å². The van der Waals surface area contributed by atoms with Crippen LogP contribution in [0.5, 0.6) is 0 Å². The van der Waals surface area contributed by atoms with Crippen LogP contribution >= 0.6 is 0 Å². The summed E-state index contributed by atoms with van der Waals surface area (Å²) in [5.74, 6) is 1.02. The lowest BCUT2D eigenvalue weighted by atomic mass is 9.76. The molecule has 0 saturated heterocycles. The highest BCUT2D eigenvalue weighted by atomic mass is 16.3. The zero-order chi connectivity index (χ0) is 10.9. The van der Waals surface area contributed by atoms with Gasteiger partial charge in [0, 0.05) is 5.92 Å². The van der Waals surface area contributed by atoms with E-state index in [1.807, 2.05) is 0 Å². The number of aliphatic hydroxyl groups is 1. The Bertz CT molecular complexity index is 250. The summed E-state index contributed by atoms with van der Waals surface area (Å²) in [6, 6.07) is 0. The van der Waals surface area contributed by atoms with Crippen molar-refractivity contribution in [2.75, 3.05) is 6.61 Å². The molecular formula is C12H21NO2. The lowest BCUT2D eigenvalue weighted by Gasteiger charge is -2.39. The Morgan fingerprint density at radius 1 is 1.47 bits per heavy atom. The Morgan fingerprint density at radius 3 is 2.73 bits per heavy atom. The maximum Gasteiger partial charge on any atom is 0.223 e. The van der Waals surface area contributed by atoms with Crippen molar-refractivity contribution in [3.05, 3.63) is 0 Å². The van der Waals surface area contributed by atoms with Crippen molar-refractivity contribution in [3.8, 4) is 0 Å². The average molecular weight is 211 g/mol. The minimum atomic E-state index is -0.308. The third-order valence-corrected chi connectivity index (χ3v) is 3.73. The van der Waals surface area contributed by atoms with Gasteiger partial charge in [0.15, 0.2) is 0 Å². The van der Waals surface area contributed by atoms with E-state index >= 15 is 0 Å². The van der Waals surface area contributed by atoms with Crippen LogP contribution in [0.2, 0.25) is 0 Å². The van der Waals surface area contributed by atoms with Crippen LogP contribution in [-0.4, -0.2) is 23.2 Å². The molecule has 2 rings (SSSR count). The van der Waals surface area contributed by atoms with Gasteiger partial charge in [-0.3, -0.25) is 4.79 Å². The third kappa shape index (κ3) is 2.51. The molecule has 0 aromatic rings. The predicted octanol–water partition coefficient (Wildman–Crippen LogP) is 1.45. The Hall–Kier alpha value is -0.570. The molecule has 3 nitrogen and oxygen atoms in total. The summed E-state index contributed by atoms with van der Waals surface area (Å²) in [4.78, 5) is 11.7. The Morgan fingerprint density at radius 2 is 2.20 bits per heavy atom. The van der Waals surface area contributed by atoms with E-state index < -0.39 is 0 Å². The molecule has 0 heterocycles. The van der Waals surface area contributed by atoms with Crippen molar-refractivity contribution < 1.29 is 9.90 Å². The molecule has 2 atom stereocenters. The number of aliphatic hydroxyl groups excluding tert-OH is 1. The van der Waals surface area contributed by atoms with Gasteiger partial charge in [-0.05, 0) is 31.6 Å². The number of carbonyl (C=O) groups is 1. The normalized spacial score (nSPS) is 36.3. The van der Waals surface area contributed by atoms with Gasteiger partial charge in [-0.2, -0.15) is 0 Å². The highest BCUT2D eigenvalue weighted by Gasteiger charge is 2.39. The predicted molar refractivity (Wildman–Crippen MR) is 58.3 cm³/mol. The molecule has 2 unspecified atom stereocenters. The number of carbonyl (C=O) groups excluding carboxylic acids is 1. The van der Waals surface area contributed by atoms with Crippen molar-refractivity contribution >= 4 is 5.91 Å². The zero-order valence-electron chi connectivity index (χ0n) is 9.46. The fraction of sp³-hybridized carbons (Fsp3) is 0.917. The Labute approximate surface area is 91.2 Å². The van der Waals surface area contributed by atoms with Gasteiger partial charge in [0.25, 0.3) is 0 Å². The molecule has 86 valence electrons. The molecule has 0 aromatic heterocycles. The van der Waals surface area contributed by atoms with Gasteiger partial charge in [-0.25, -0.2) is 0 Å². The number of hydrogen-bond acceptors (Lipinski definition) is 2. The lowest BCUT2D eigenvalue weighted by molar-refractivity contribution is -0.125. The minimum absolute atomic E-state index is 0.0931. The molecule has 2 saturated carbocycles. The lowest BCUT2D eigenvalue weighted by Crippen LogP contribution is -2.54. The summed E-state index contributed by atoms with van der Waals surface area (Å²) in [5.41, 5.74) is -0.308. The zero-order valence-corrected chi connectivity index (χ0v) is 9.46. The summed E-state index contributed by atoms with van der Waals surface area (Å²) in [6.45, 7) is 2.29. The van der Waals surface area contributed by atoms with Gasteiger partial charge in [0.1, 0.15) is 0 Å². The number of hydrogen-bond donors (Lipinski definition) is 2. The van der Waals surface area contributed by atoms with Crippen LogP contribution in [0.25, 0.3) is 0 Å². The van der Waals surface area contributed by atoms with Gasteiger partial charge in [-0.15, -0.1) is 0 Å². The molecule has 15 heavy (non-hydrogen) atoms. The van der Waals surface area contributed by atoms with E-state index in [1.165, 1.54) is 6.42 Å². The highest BCUT2D eigenvalue weighted by molar-refractivity contribution is 5.81. The van der Waals surface area contributed by atoms with Crippen LogP contribution in [0, 0.1) is 11.8 Å². The van der Waals surface area contributed by atoms with Crippen LogP contribution in [0.4, 0.5) is 0 Å². The van der Waals surface area contributed by atoms with Gasteiger partial charge >= 0.3 is 0 Å². The van der Waals surface area contributed by atoms with Crippen molar-refractivity contribution in [1.29, 1.82) is 0 Å². The van der Waals surface area contributed by atoms with Crippen molar-refractivity contribution in [3.63, 3.8) is 0 Å². The largest absolute Gasteiger partial charge is 0.394 e. The summed E-state index contributed by atoms with van der Waals surface area (Å²) in [5, 5.41) is 12.6. The second kappa shape index (κ2) is 4.12. The summed E-state index contributed by atoms with van der Waals surface area (Å²) >= 11 is 0. The molecule has 2 aliphatic carbocycles. The second-order valence-corrected chi connectivity index (χ2v) is 5.40. The van der Waals surface area contributed by atoms with Crippen molar-refractivity contribution in [2.45, 2.75) is 51.0 Å². The molecule has 2 aliphatic rings. The first-order chi connectivity index (χ1) is 7.15. The number of rotatable bonds is 3. The summed E-state index contributed by atoms with van der Waals surface area (Å²) in [6.07, 6.45) is 6.27. The Balaban J connectivity index is 1.96. The SMILES string of the molecule is CC1CCCC(CO)(NC(=O)C2CC2)C1. The monoisotopic (exact) mass is 211 g/mol. The van der Waals surface area contributed by atoms with E-state index in [2.05, 4.69) is 12.2 Å². The molecule has 2 N–H and O–H groups in total. The maximum absolute atomic E-state index is 11.7. The maximum atomic E-state index is 11.7. The Kier molecular flexibility index (Phi) is 3.01. The van der Waals surface area contributed by atoms with Crippen LogP contribution in [0.1, 0.15) is 45.4 Å². The smallest absolute Gasteiger partial charge is 0.223 e. The molecule has 0 spiro atoms. The quantitative estimate of drug-likeness (QED) is 0.742. The first-order valence-electron chi connectivity index (χ1n) is 6.08. The third-order valence-electron chi connectivity index (χ3n) is 3.73. The van der Waals surface area contributed by atoms with E-state index in [-0.39, 0.29) is 24.0 Å². The molecule has 3 heteroatoms. The van der Waals surface area contributed by atoms with Crippen LogP contribution in [-0.2, 0) is 4.79 Å². The van der Waals surface area contributed by atoms with E-state index in [0.717, 1.165) is 32.1 Å². The molecular weight excluding hydrogens is 190 g/mol. The minimum Gasteiger partial charge on any atom is -0.394 e. The first-order valence-corrected chi connectivity index (χ1v) is 6.08. The van der Waals surface area contributed by atoms with Gasteiger partial charge in [0.2, 0.25) is 5.91 Å². The molecule has 2 fully saturated rings. The first kappa shape index (κ1) is 10.9. The fourth-order valence-corrected chi connectivity index (χ4v) is 2.67. The number of amides is 1. The molecule has 0 aliphatic heterocycles. The van der Waals surface area contributed by atoms with Crippen LogP contribution < -0.4 is 5.32 Å². The second-order valence-electron chi connectivity index (χ2n) is 5.40. The summed E-state index contributed by atoms with van der Waals surface area (Å²) < 4.78 is 0. The van der Waals surface area contributed by atoms with Gasteiger partial charge < -0.3 is 10.4 Å². The molecule has 0 aromatic carbocycles. The van der Waals surface area contributed by atoms with E-state index in [1.54, 1.807) is 0 Å². The molecule has 1 amide bonds. The fourth-order valence-electron chi connectivity index (χ4n) is 2.67.